The lowest BCUT2D eigenvalue weighted by molar-refractivity contribution is -0.385. The molecule has 0 radical (unpaired) electrons. The van der Waals surface area contributed by atoms with Gasteiger partial charge in [0.25, 0.3) is 5.69 Å². The van der Waals surface area contributed by atoms with Gasteiger partial charge in [-0.1, -0.05) is 30.3 Å². The molecule has 0 bridgehead atoms. The Labute approximate surface area is 136 Å². The molecule has 8 heteroatoms. The van der Waals surface area contributed by atoms with Crippen LogP contribution in [0.4, 0.5) is 5.69 Å². The fraction of sp³-hybridized carbons (Fsp3) is 0.0625. The second-order valence-corrected chi connectivity index (χ2v) is 4.78. The fourth-order valence-electron chi connectivity index (χ4n) is 1.94. The van der Waals surface area contributed by atoms with Gasteiger partial charge in [0.15, 0.2) is 0 Å². The number of carboxylic acids is 1. The molecule has 122 valence electrons. The predicted molar refractivity (Wildman–Crippen MR) is 85.9 cm³/mol. The van der Waals surface area contributed by atoms with Crippen LogP contribution in [0.3, 0.4) is 0 Å². The Hall–Kier alpha value is -3.55. The van der Waals surface area contributed by atoms with Gasteiger partial charge in [-0.05, 0) is 17.7 Å². The number of nitro groups is 1. The predicted octanol–water partition coefficient (Wildman–Crippen LogP) is 1.99. The number of benzene rings is 2. The maximum absolute atomic E-state index is 11.8. The van der Waals surface area contributed by atoms with Gasteiger partial charge in [0.2, 0.25) is 5.91 Å². The topological polar surface area (TPSA) is 122 Å². The fourth-order valence-corrected chi connectivity index (χ4v) is 1.94. The second kappa shape index (κ2) is 7.63. The molecule has 0 spiro atoms. The first-order valence-corrected chi connectivity index (χ1v) is 6.85. The summed E-state index contributed by atoms with van der Waals surface area (Å²) in [6.07, 6.45) is 1.18. The molecule has 0 atom stereocenters. The molecule has 0 saturated carbocycles. The van der Waals surface area contributed by atoms with E-state index in [1.165, 1.54) is 36.5 Å². The number of amides is 1. The second-order valence-electron chi connectivity index (χ2n) is 4.78. The van der Waals surface area contributed by atoms with E-state index in [9.17, 15) is 19.7 Å². The molecule has 0 saturated heterocycles. The van der Waals surface area contributed by atoms with Crippen LogP contribution in [-0.2, 0) is 11.2 Å². The maximum atomic E-state index is 11.8. The first-order chi connectivity index (χ1) is 11.5. The summed E-state index contributed by atoms with van der Waals surface area (Å²) >= 11 is 0. The van der Waals surface area contributed by atoms with Crippen LogP contribution >= 0.6 is 0 Å². The molecule has 0 fully saturated rings. The van der Waals surface area contributed by atoms with Crippen molar-refractivity contribution in [3.8, 4) is 0 Å². The van der Waals surface area contributed by atoms with Crippen LogP contribution in [0.1, 0.15) is 21.5 Å². The quantitative estimate of drug-likeness (QED) is 0.477. The lowest BCUT2D eigenvalue weighted by Crippen LogP contribution is -2.20. The summed E-state index contributed by atoms with van der Waals surface area (Å²) in [6.45, 7) is 0. The summed E-state index contributed by atoms with van der Waals surface area (Å²) in [6, 6.07) is 11.9. The van der Waals surface area contributed by atoms with E-state index in [4.69, 9.17) is 5.11 Å². The molecule has 2 aromatic rings. The Morgan fingerprint density at radius 1 is 1.17 bits per heavy atom. The normalized spacial score (nSPS) is 10.5. The van der Waals surface area contributed by atoms with Crippen molar-refractivity contribution in [2.75, 3.05) is 0 Å². The summed E-state index contributed by atoms with van der Waals surface area (Å²) in [5, 5.41) is 23.4. The average molecular weight is 327 g/mol. The zero-order chi connectivity index (χ0) is 17.5. The van der Waals surface area contributed by atoms with Crippen molar-refractivity contribution in [1.82, 2.24) is 5.43 Å². The Bertz CT molecular complexity index is 800. The van der Waals surface area contributed by atoms with E-state index in [1.54, 1.807) is 18.2 Å². The highest BCUT2D eigenvalue weighted by atomic mass is 16.6. The molecule has 0 heterocycles. The smallest absolute Gasteiger partial charge is 0.335 e. The highest BCUT2D eigenvalue weighted by molar-refractivity contribution is 5.89. The van der Waals surface area contributed by atoms with E-state index in [0.29, 0.717) is 11.1 Å². The Morgan fingerprint density at radius 3 is 2.46 bits per heavy atom. The summed E-state index contributed by atoms with van der Waals surface area (Å²) in [5.41, 5.74) is 3.19. The molecule has 2 rings (SSSR count). The zero-order valence-electron chi connectivity index (χ0n) is 12.4. The van der Waals surface area contributed by atoms with E-state index >= 15 is 0 Å². The van der Waals surface area contributed by atoms with Crippen LogP contribution in [0, 0.1) is 10.1 Å². The van der Waals surface area contributed by atoms with Crippen LogP contribution < -0.4 is 5.43 Å². The monoisotopic (exact) mass is 327 g/mol. The minimum Gasteiger partial charge on any atom is -0.478 e. The van der Waals surface area contributed by atoms with Crippen molar-refractivity contribution in [1.29, 1.82) is 0 Å². The first kappa shape index (κ1) is 16.8. The number of hydrogen-bond donors (Lipinski definition) is 2. The van der Waals surface area contributed by atoms with E-state index in [0.717, 1.165) is 0 Å². The number of nitrogens with zero attached hydrogens (tertiary/aromatic N) is 2. The molecule has 0 aliphatic rings. The van der Waals surface area contributed by atoms with Gasteiger partial charge in [-0.2, -0.15) is 5.10 Å². The minimum atomic E-state index is -1.03. The first-order valence-electron chi connectivity index (χ1n) is 6.85. The Balaban J connectivity index is 1.96. The van der Waals surface area contributed by atoms with Crippen LogP contribution in [0.15, 0.2) is 53.6 Å². The summed E-state index contributed by atoms with van der Waals surface area (Å²) in [5.74, 6) is -1.53. The van der Waals surface area contributed by atoms with E-state index in [-0.39, 0.29) is 17.7 Å². The third-order valence-electron chi connectivity index (χ3n) is 3.10. The molecule has 2 N–H and O–H groups in total. The molecule has 1 amide bonds. The van der Waals surface area contributed by atoms with Crippen LogP contribution in [0.5, 0.6) is 0 Å². The molecule has 0 aliphatic heterocycles. The van der Waals surface area contributed by atoms with Crippen LogP contribution in [-0.4, -0.2) is 28.1 Å². The van der Waals surface area contributed by atoms with Crippen molar-refractivity contribution >= 4 is 23.8 Å². The Morgan fingerprint density at radius 2 is 1.83 bits per heavy atom. The molecule has 0 aromatic heterocycles. The van der Waals surface area contributed by atoms with Crippen molar-refractivity contribution in [3.63, 3.8) is 0 Å². The summed E-state index contributed by atoms with van der Waals surface area (Å²) in [7, 11) is 0. The number of aromatic carboxylic acids is 1. The van der Waals surface area contributed by atoms with Crippen molar-refractivity contribution in [2.24, 2.45) is 5.10 Å². The van der Waals surface area contributed by atoms with Crippen LogP contribution in [0.2, 0.25) is 0 Å². The summed E-state index contributed by atoms with van der Waals surface area (Å²) in [4.78, 5) is 32.9. The van der Waals surface area contributed by atoms with Gasteiger partial charge in [-0.25, -0.2) is 10.2 Å². The molecular weight excluding hydrogens is 314 g/mol. The lowest BCUT2D eigenvalue weighted by atomic mass is 10.1. The maximum Gasteiger partial charge on any atom is 0.335 e. The highest BCUT2D eigenvalue weighted by Gasteiger charge is 2.14. The number of carbonyl (C=O) groups excluding carboxylic acids is 1. The van der Waals surface area contributed by atoms with E-state index < -0.39 is 16.8 Å². The SMILES string of the molecule is O=C(Cc1ccccc1[N+](=O)[O-])NN=Cc1ccc(C(=O)O)cc1. The number of nitro benzene ring substituents is 1. The molecule has 2 aromatic carbocycles. The standard InChI is InChI=1S/C16H13N3O5/c20-15(9-13-3-1-2-4-14(13)19(23)24)18-17-10-11-5-7-12(8-6-11)16(21)22/h1-8,10H,9H2,(H,18,20)(H,21,22). The van der Waals surface area contributed by atoms with Gasteiger partial charge in [0.05, 0.1) is 23.1 Å². The van der Waals surface area contributed by atoms with Crippen molar-refractivity contribution in [2.45, 2.75) is 6.42 Å². The van der Waals surface area contributed by atoms with Gasteiger partial charge < -0.3 is 5.11 Å². The molecule has 8 nitrogen and oxygen atoms in total. The number of rotatable bonds is 6. The number of hydrazone groups is 1. The molecule has 24 heavy (non-hydrogen) atoms. The minimum absolute atomic E-state index is 0.124. The lowest BCUT2D eigenvalue weighted by Gasteiger charge is -2.02. The number of nitrogens with one attached hydrogen (secondary N) is 1. The number of carboxylic acid groups (broad SMARTS) is 1. The van der Waals surface area contributed by atoms with Crippen LogP contribution in [0.25, 0.3) is 0 Å². The van der Waals surface area contributed by atoms with Gasteiger partial charge in [0, 0.05) is 11.6 Å². The van der Waals surface area contributed by atoms with E-state index in [2.05, 4.69) is 10.5 Å². The number of carbonyl (C=O) groups is 2. The molecule has 0 unspecified atom stereocenters. The van der Waals surface area contributed by atoms with Crippen molar-refractivity contribution in [3.05, 3.63) is 75.3 Å². The van der Waals surface area contributed by atoms with E-state index in [1.807, 2.05) is 0 Å². The van der Waals surface area contributed by atoms with Gasteiger partial charge >= 0.3 is 5.97 Å². The number of para-hydroxylation sites is 1. The average Bonchev–Trinajstić information content (AvgIpc) is 2.55. The largest absolute Gasteiger partial charge is 0.478 e. The molecular formula is C16H13N3O5. The third kappa shape index (κ3) is 4.47. The Kier molecular flexibility index (Phi) is 5.35. The highest BCUT2D eigenvalue weighted by Crippen LogP contribution is 2.17. The zero-order valence-corrected chi connectivity index (χ0v) is 12.4. The third-order valence-corrected chi connectivity index (χ3v) is 3.10. The van der Waals surface area contributed by atoms with Gasteiger partial charge in [-0.3, -0.25) is 14.9 Å². The number of hydrogen-bond acceptors (Lipinski definition) is 5. The van der Waals surface area contributed by atoms with Gasteiger partial charge in [0.1, 0.15) is 0 Å². The van der Waals surface area contributed by atoms with Crippen molar-refractivity contribution < 1.29 is 19.6 Å². The molecule has 0 aliphatic carbocycles. The summed E-state index contributed by atoms with van der Waals surface area (Å²) < 4.78 is 0. The van der Waals surface area contributed by atoms with Gasteiger partial charge in [-0.15, -0.1) is 0 Å².